The average molecular weight is 339 g/mol. The Morgan fingerprint density at radius 2 is 1.95 bits per heavy atom. The molecule has 2 rings (SSSR count). The Labute approximate surface area is 127 Å². The first-order chi connectivity index (χ1) is 9.56. The molecule has 1 aliphatic rings. The van der Waals surface area contributed by atoms with Gasteiger partial charge in [-0.15, -0.1) is 0 Å². The van der Waals surface area contributed by atoms with E-state index in [0.29, 0.717) is 11.6 Å². The minimum Gasteiger partial charge on any atom is -0.345 e. The molecule has 5 heteroatoms. The van der Waals surface area contributed by atoms with Crippen molar-refractivity contribution in [3.63, 3.8) is 0 Å². The zero-order valence-corrected chi connectivity index (χ0v) is 13.1. The zero-order valence-electron chi connectivity index (χ0n) is 11.5. The Morgan fingerprint density at radius 3 is 2.65 bits per heavy atom. The van der Waals surface area contributed by atoms with E-state index >= 15 is 0 Å². The summed E-state index contributed by atoms with van der Waals surface area (Å²) >= 11 is 3.32. The maximum Gasteiger partial charge on any atom is 0.313 e. The summed E-state index contributed by atoms with van der Waals surface area (Å²) in [7, 11) is 0. The van der Waals surface area contributed by atoms with Gasteiger partial charge in [-0.25, -0.2) is 0 Å². The molecule has 0 radical (unpaired) electrons. The van der Waals surface area contributed by atoms with E-state index in [9.17, 15) is 9.59 Å². The molecule has 4 nitrogen and oxygen atoms in total. The van der Waals surface area contributed by atoms with E-state index in [1.54, 1.807) is 18.2 Å². The van der Waals surface area contributed by atoms with Crippen molar-refractivity contribution in [1.29, 1.82) is 0 Å². The molecule has 1 aromatic carbocycles. The molecule has 1 aromatic rings. The number of anilines is 1. The Bertz CT molecular complexity index is 504. The number of benzene rings is 1. The first kappa shape index (κ1) is 15.0. The highest BCUT2D eigenvalue weighted by Gasteiger charge is 2.25. The van der Waals surface area contributed by atoms with Crippen LogP contribution in [0, 0.1) is 5.92 Å². The molecule has 2 amide bonds. The molecule has 0 bridgehead atoms. The molecular weight excluding hydrogens is 320 g/mol. The number of amides is 2. The predicted molar refractivity (Wildman–Crippen MR) is 82.3 cm³/mol. The normalized spacial score (nSPS) is 22.1. The van der Waals surface area contributed by atoms with Crippen LogP contribution in [0.15, 0.2) is 28.7 Å². The first-order valence-electron chi connectivity index (χ1n) is 6.93. The van der Waals surface area contributed by atoms with Gasteiger partial charge >= 0.3 is 11.8 Å². The lowest BCUT2D eigenvalue weighted by molar-refractivity contribution is -0.137. The number of carbonyl (C=O) groups excluding carboxylic acids is 2. The van der Waals surface area contributed by atoms with Crippen molar-refractivity contribution >= 4 is 33.4 Å². The predicted octanol–water partition coefficient (Wildman–Crippen LogP) is 3.08. The average Bonchev–Trinajstić information content (AvgIpc) is 2.41. The molecule has 0 heterocycles. The Kier molecular flexibility index (Phi) is 5.17. The number of halogens is 1. The van der Waals surface area contributed by atoms with Crippen LogP contribution in [0.4, 0.5) is 5.69 Å². The summed E-state index contributed by atoms with van der Waals surface area (Å²) < 4.78 is 0.858. The fourth-order valence-electron chi connectivity index (χ4n) is 2.52. The molecule has 0 aliphatic heterocycles. The van der Waals surface area contributed by atoms with Gasteiger partial charge in [0.15, 0.2) is 0 Å². The van der Waals surface area contributed by atoms with Crippen molar-refractivity contribution < 1.29 is 9.59 Å². The second kappa shape index (κ2) is 6.88. The van der Waals surface area contributed by atoms with Crippen molar-refractivity contribution in [2.75, 3.05) is 5.32 Å². The van der Waals surface area contributed by atoms with Crippen LogP contribution >= 0.6 is 15.9 Å². The van der Waals surface area contributed by atoms with E-state index in [2.05, 4.69) is 33.5 Å². The number of carbonyl (C=O) groups is 2. The van der Waals surface area contributed by atoms with Crippen LogP contribution in [0.3, 0.4) is 0 Å². The molecule has 0 unspecified atom stereocenters. The third kappa shape index (κ3) is 4.07. The largest absolute Gasteiger partial charge is 0.345 e. The van der Waals surface area contributed by atoms with Crippen molar-refractivity contribution in [1.82, 2.24) is 5.32 Å². The van der Waals surface area contributed by atoms with E-state index < -0.39 is 11.8 Å². The maximum absolute atomic E-state index is 11.9. The summed E-state index contributed by atoms with van der Waals surface area (Å²) in [6.07, 6.45) is 4.38. The fourth-order valence-corrected chi connectivity index (χ4v) is 2.92. The Hall–Kier alpha value is -1.36. The topological polar surface area (TPSA) is 58.2 Å². The summed E-state index contributed by atoms with van der Waals surface area (Å²) in [5, 5.41) is 5.45. The van der Waals surface area contributed by atoms with E-state index in [1.165, 1.54) is 6.42 Å². The first-order valence-corrected chi connectivity index (χ1v) is 7.73. The summed E-state index contributed by atoms with van der Waals surface area (Å²) in [4.78, 5) is 23.8. The van der Waals surface area contributed by atoms with Gasteiger partial charge in [0.2, 0.25) is 0 Å². The zero-order chi connectivity index (χ0) is 14.5. The molecule has 0 aromatic heterocycles. The molecule has 0 spiro atoms. The van der Waals surface area contributed by atoms with Crippen molar-refractivity contribution in [3.05, 3.63) is 28.7 Å². The van der Waals surface area contributed by atoms with Gasteiger partial charge in [0.25, 0.3) is 0 Å². The van der Waals surface area contributed by atoms with E-state index in [4.69, 9.17) is 0 Å². The van der Waals surface area contributed by atoms with Gasteiger partial charge in [-0.3, -0.25) is 9.59 Å². The van der Waals surface area contributed by atoms with Crippen LogP contribution in [-0.2, 0) is 9.59 Å². The number of nitrogens with one attached hydrogen (secondary N) is 2. The smallest absolute Gasteiger partial charge is 0.313 e. The molecule has 1 fully saturated rings. The second-order valence-electron chi connectivity index (χ2n) is 5.31. The van der Waals surface area contributed by atoms with Gasteiger partial charge in [-0.2, -0.15) is 0 Å². The standard InChI is InChI=1S/C15H19BrN2O2/c1-10-5-2-3-8-13(10)18-15(20)14(19)17-12-7-4-6-11(16)9-12/h4,6-7,9-10,13H,2-3,5,8H2,1H3,(H,17,19)(H,18,20)/t10-,13+/m1/s1. The molecule has 20 heavy (non-hydrogen) atoms. The number of rotatable bonds is 2. The van der Waals surface area contributed by atoms with E-state index in [-0.39, 0.29) is 6.04 Å². The Balaban J connectivity index is 1.90. The molecule has 2 N–H and O–H groups in total. The van der Waals surface area contributed by atoms with Crippen LogP contribution in [-0.4, -0.2) is 17.9 Å². The molecule has 0 saturated heterocycles. The third-order valence-electron chi connectivity index (χ3n) is 3.72. The van der Waals surface area contributed by atoms with Crippen molar-refractivity contribution in [3.8, 4) is 0 Å². The van der Waals surface area contributed by atoms with Crippen molar-refractivity contribution in [2.24, 2.45) is 5.92 Å². The lowest BCUT2D eigenvalue weighted by Gasteiger charge is -2.29. The lowest BCUT2D eigenvalue weighted by Crippen LogP contribution is -2.45. The van der Waals surface area contributed by atoms with Gasteiger partial charge in [0, 0.05) is 16.2 Å². The van der Waals surface area contributed by atoms with Crippen LogP contribution in [0.25, 0.3) is 0 Å². The lowest BCUT2D eigenvalue weighted by atomic mass is 9.86. The van der Waals surface area contributed by atoms with Gasteiger partial charge in [-0.05, 0) is 37.0 Å². The Morgan fingerprint density at radius 1 is 1.20 bits per heavy atom. The fraction of sp³-hybridized carbons (Fsp3) is 0.467. The van der Waals surface area contributed by atoms with Crippen LogP contribution in [0.5, 0.6) is 0 Å². The van der Waals surface area contributed by atoms with Crippen LogP contribution in [0.1, 0.15) is 32.6 Å². The minimum atomic E-state index is -0.610. The molecule has 1 saturated carbocycles. The quantitative estimate of drug-likeness (QED) is 0.814. The maximum atomic E-state index is 11.9. The number of hydrogen-bond acceptors (Lipinski definition) is 2. The molecule has 2 atom stereocenters. The van der Waals surface area contributed by atoms with Gasteiger partial charge in [-0.1, -0.05) is 41.8 Å². The van der Waals surface area contributed by atoms with Gasteiger partial charge in [0.05, 0.1) is 0 Å². The number of hydrogen-bond donors (Lipinski definition) is 2. The van der Waals surface area contributed by atoms with Crippen LogP contribution in [0.2, 0.25) is 0 Å². The van der Waals surface area contributed by atoms with Crippen LogP contribution < -0.4 is 10.6 Å². The summed E-state index contributed by atoms with van der Waals surface area (Å²) in [6.45, 7) is 2.12. The van der Waals surface area contributed by atoms with Gasteiger partial charge < -0.3 is 10.6 Å². The van der Waals surface area contributed by atoms with E-state index in [1.807, 2.05) is 6.07 Å². The molecule has 108 valence electrons. The molecule has 1 aliphatic carbocycles. The summed E-state index contributed by atoms with van der Waals surface area (Å²) in [5.41, 5.74) is 0.608. The highest BCUT2D eigenvalue weighted by Crippen LogP contribution is 2.23. The summed E-state index contributed by atoms with van der Waals surface area (Å²) in [6, 6.07) is 7.29. The summed E-state index contributed by atoms with van der Waals surface area (Å²) in [5.74, 6) is -0.726. The third-order valence-corrected chi connectivity index (χ3v) is 4.21. The van der Waals surface area contributed by atoms with Crippen molar-refractivity contribution in [2.45, 2.75) is 38.6 Å². The second-order valence-corrected chi connectivity index (χ2v) is 6.22. The van der Waals surface area contributed by atoms with E-state index in [0.717, 1.165) is 23.7 Å². The minimum absolute atomic E-state index is 0.115. The monoisotopic (exact) mass is 338 g/mol. The highest BCUT2D eigenvalue weighted by atomic mass is 79.9. The SMILES string of the molecule is C[C@@H]1CCCC[C@@H]1NC(=O)C(=O)Nc1cccc(Br)c1. The van der Waals surface area contributed by atoms with Gasteiger partial charge in [0.1, 0.15) is 0 Å². The highest BCUT2D eigenvalue weighted by molar-refractivity contribution is 9.10. The molecular formula is C15H19BrN2O2.